The molecule has 3 aromatic rings. The van der Waals surface area contributed by atoms with Crippen molar-refractivity contribution in [2.75, 3.05) is 0 Å². The number of benzene rings is 1. The maximum Gasteiger partial charge on any atom is 0.159 e. The zero-order valence-electron chi connectivity index (χ0n) is 13.9. The molecule has 2 aromatic heterocycles. The van der Waals surface area contributed by atoms with Crippen molar-refractivity contribution >= 4 is 5.78 Å². The fraction of sp³-hybridized carbons (Fsp3) is 0.263. The van der Waals surface area contributed by atoms with Crippen LogP contribution in [0.4, 0.5) is 8.78 Å². The Morgan fingerprint density at radius 1 is 1.08 bits per heavy atom. The molecule has 0 saturated heterocycles. The molecule has 4 rings (SSSR count). The molecule has 1 aliphatic carbocycles. The molecule has 0 radical (unpaired) electrons. The maximum atomic E-state index is 13.7. The highest BCUT2D eigenvalue weighted by atomic mass is 19.2. The molecular weight excluding hydrogens is 338 g/mol. The molecule has 1 aromatic carbocycles. The minimum atomic E-state index is -0.927. The molecule has 0 amide bonds. The van der Waals surface area contributed by atoms with E-state index in [0.29, 0.717) is 29.8 Å². The summed E-state index contributed by atoms with van der Waals surface area (Å²) >= 11 is 0. The van der Waals surface area contributed by atoms with Gasteiger partial charge in [-0.1, -0.05) is 0 Å². The second-order valence-corrected chi connectivity index (χ2v) is 6.40. The van der Waals surface area contributed by atoms with Gasteiger partial charge in [0, 0.05) is 41.8 Å². The largest absolute Gasteiger partial charge is 0.300 e. The lowest BCUT2D eigenvalue weighted by Crippen LogP contribution is -2.13. The van der Waals surface area contributed by atoms with Crippen molar-refractivity contribution in [1.29, 1.82) is 0 Å². The Morgan fingerprint density at radius 2 is 1.88 bits per heavy atom. The number of hydrogen-bond acceptors (Lipinski definition) is 4. The van der Waals surface area contributed by atoms with Crippen LogP contribution in [0.5, 0.6) is 0 Å². The van der Waals surface area contributed by atoms with Crippen molar-refractivity contribution in [3.63, 3.8) is 0 Å². The first kappa shape index (κ1) is 16.5. The van der Waals surface area contributed by atoms with Gasteiger partial charge in [0.25, 0.3) is 0 Å². The molecule has 1 aliphatic rings. The fourth-order valence-corrected chi connectivity index (χ4v) is 3.43. The molecular formula is C19H16F2N4O. The topological polar surface area (TPSA) is 71.5 Å². The SMILES string of the molecule is O=C1CCC(c2[nH]nc(-c3ccc(F)c(F)c3)c2-c2ccncn2)CC1. The minimum absolute atomic E-state index is 0.143. The summed E-state index contributed by atoms with van der Waals surface area (Å²) in [4.78, 5) is 19.8. The van der Waals surface area contributed by atoms with Gasteiger partial charge < -0.3 is 0 Å². The normalized spacial score (nSPS) is 15.4. The highest BCUT2D eigenvalue weighted by Crippen LogP contribution is 2.40. The molecule has 0 spiro atoms. The van der Waals surface area contributed by atoms with E-state index in [0.717, 1.165) is 36.2 Å². The minimum Gasteiger partial charge on any atom is -0.300 e. The van der Waals surface area contributed by atoms with Gasteiger partial charge in [0.05, 0.1) is 5.69 Å². The zero-order chi connectivity index (χ0) is 18.1. The van der Waals surface area contributed by atoms with E-state index in [1.807, 2.05) is 0 Å². The van der Waals surface area contributed by atoms with E-state index < -0.39 is 11.6 Å². The van der Waals surface area contributed by atoms with Gasteiger partial charge in [-0.25, -0.2) is 18.7 Å². The standard InChI is InChI=1S/C19H16F2N4O/c20-14-6-3-12(9-15(14)21)19-17(16-7-8-22-10-23-16)18(24-25-19)11-1-4-13(26)5-2-11/h3,6-11H,1-2,4-5H2,(H,24,25). The quantitative estimate of drug-likeness (QED) is 0.770. The Morgan fingerprint density at radius 3 is 2.58 bits per heavy atom. The third kappa shape index (κ3) is 3.00. The summed E-state index contributed by atoms with van der Waals surface area (Å²) in [7, 11) is 0. The van der Waals surface area contributed by atoms with Crippen LogP contribution in [0.25, 0.3) is 22.5 Å². The van der Waals surface area contributed by atoms with E-state index in [4.69, 9.17) is 0 Å². The Kier molecular flexibility index (Phi) is 4.28. The molecule has 1 saturated carbocycles. The van der Waals surface area contributed by atoms with Crippen molar-refractivity contribution in [2.45, 2.75) is 31.6 Å². The number of carbonyl (C=O) groups excluding carboxylic acids is 1. The first-order valence-corrected chi connectivity index (χ1v) is 8.45. The van der Waals surface area contributed by atoms with E-state index in [1.165, 1.54) is 12.4 Å². The van der Waals surface area contributed by atoms with Crippen molar-refractivity contribution < 1.29 is 13.6 Å². The van der Waals surface area contributed by atoms with Crippen LogP contribution in [0.3, 0.4) is 0 Å². The number of rotatable bonds is 3. The number of carbonyl (C=O) groups is 1. The van der Waals surface area contributed by atoms with Gasteiger partial charge in [-0.3, -0.25) is 9.89 Å². The molecule has 1 fully saturated rings. The van der Waals surface area contributed by atoms with E-state index in [1.54, 1.807) is 12.3 Å². The summed E-state index contributed by atoms with van der Waals surface area (Å²) in [6, 6.07) is 5.46. The molecule has 26 heavy (non-hydrogen) atoms. The summed E-state index contributed by atoms with van der Waals surface area (Å²) in [5.41, 5.74) is 3.25. The summed E-state index contributed by atoms with van der Waals surface area (Å²) < 4.78 is 27.0. The summed E-state index contributed by atoms with van der Waals surface area (Å²) in [6.45, 7) is 0. The average molecular weight is 354 g/mol. The van der Waals surface area contributed by atoms with Crippen molar-refractivity contribution in [2.24, 2.45) is 0 Å². The summed E-state index contributed by atoms with van der Waals surface area (Å²) in [6.07, 6.45) is 5.59. The highest BCUT2D eigenvalue weighted by molar-refractivity contribution is 5.82. The highest BCUT2D eigenvalue weighted by Gasteiger charge is 2.27. The lowest BCUT2D eigenvalue weighted by Gasteiger charge is -2.21. The molecule has 0 atom stereocenters. The van der Waals surface area contributed by atoms with Gasteiger partial charge in [0.15, 0.2) is 11.6 Å². The first-order chi connectivity index (χ1) is 12.6. The Bertz CT molecular complexity index is 945. The molecule has 0 aliphatic heterocycles. The van der Waals surface area contributed by atoms with E-state index >= 15 is 0 Å². The van der Waals surface area contributed by atoms with Crippen molar-refractivity contribution in [3.05, 3.63) is 54.1 Å². The predicted octanol–water partition coefficient (Wildman–Crippen LogP) is 4.04. The number of halogens is 2. The van der Waals surface area contributed by atoms with E-state index in [9.17, 15) is 13.6 Å². The third-order valence-corrected chi connectivity index (χ3v) is 4.78. The fourth-order valence-electron chi connectivity index (χ4n) is 3.43. The third-order valence-electron chi connectivity index (χ3n) is 4.78. The Hall–Kier alpha value is -2.96. The van der Waals surface area contributed by atoms with Crippen LogP contribution >= 0.6 is 0 Å². The van der Waals surface area contributed by atoms with Crippen LogP contribution in [-0.4, -0.2) is 25.9 Å². The van der Waals surface area contributed by atoms with Crippen LogP contribution < -0.4 is 0 Å². The smallest absolute Gasteiger partial charge is 0.159 e. The number of hydrogen-bond donors (Lipinski definition) is 1. The number of Topliss-reactive ketones (excluding diaryl/α,β-unsaturated/α-hetero) is 1. The van der Waals surface area contributed by atoms with E-state index in [2.05, 4.69) is 20.2 Å². The van der Waals surface area contributed by atoms with Crippen molar-refractivity contribution in [3.8, 4) is 22.5 Å². The molecule has 1 N–H and O–H groups in total. The monoisotopic (exact) mass is 354 g/mol. The lowest BCUT2D eigenvalue weighted by atomic mass is 9.83. The average Bonchev–Trinajstić information content (AvgIpc) is 3.10. The zero-order valence-corrected chi connectivity index (χ0v) is 13.9. The molecule has 7 heteroatoms. The number of nitrogens with one attached hydrogen (secondary N) is 1. The van der Waals surface area contributed by atoms with Gasteiger partial charge in [-0.15, -0.1) is 0 Å². The van der Waals surface area contributed by atoms with Gasteiger partial charge >= 0.3 is 0 Å². The molecule has 0 unspecified atom stereocenters. The molecule has 2 heterocycles. The van der Waals surface area contributed by atoms with Gasteiger partial charge in [0.2, 0.25) is 0 Å². The predicted molar refractivity (Wildman–Crippen MR) is 91.2 cm³/mol. The lowest BCUT2D eigenvalue weighted by molar-refractivity contribution is -0.120. The summed E-state index contributed by atoms with van der Waals surface area (Å²) in [5.74, 6) is -1.42. The second-order valence-electron chi connectivity index (χ2n) is 6.40. The van der Waals surface area contributed by atoms with Crippen molar-refractivity contribution in [1.82, 2.24) is 20.2 Å². The van der Waals surface area contributed by atoms with Gasteiger partial charge in [0.1, 0.15) is 17.8 Å². The molecule has 5 nitrogen and oxygen atoms in total. The maximum absolute atomic E-state index is 13.7. The first-order valence-electron chi connectivity index (χ1n) is 8.45. The van der Waals surface area contributed by atoms with E-state index in [-0.39, 0.29) is 11.7 Å². The summed E-state index contributed by atoms with van der Waals surface area (Å²) in [5, 5.41) is 7.42. The number of ketones is 1. The van der Waals surface area contributed by atoms with Crippen LogP contribution in [0.2, 0.25) is 0 Å². The number of aromatic amines is 1. The van der Waals surface area contributed by atoms with Gasteiger partial charge in [-0.05, 0) is 37.1 Å². The molecule has 0 bridgehead atoms. The van der Waals surface area contributed by atoms with Crippen LogP contribution in [0.1, 0.15) is 37.3 Å². The second kappa shape index (κ2) is 6.74. The van der Waals surface area contributed by atoms with Crippen LogP contribution in [0.15, 0.2) is 36.8 Å². The van der Waals surface area contributed by atoms with Crippen LogP contribution in [0, 0.1) is 11.6 Å². The number of H-pyrrole nitrogens is 1. The number of nitrogens with zero attached hydrogens (tertiary/aromatic N) is 3. The van der Waals surface area contributed by atoms with Gasteiger partial charge in [-0.2, -0.15) is 5.10 Å². The Balaban J connectivity index is 1.84. The number of aromatic nitrogens is 4. The Labute approximate surface area is 148 Å². The van der Waals surface area contributed by atoms with Crippen LogP contribution in [-0.2, 0) is 4.79 Å². The molecule has 132 valence electrons.